The van der Waals surface area contributed by atoms with E-state index < -0.39 is 29.2 Å². The third-order valence-electron chi connectivity index (χ3n) is 3.55. The molecule has 1 aromatic heterocycles. The van der Waals surface area contributed by atoms with Crippen LogP contribution in [0.15, 0.2) is 22.4 Å². The summed E-state index contributed by atoms with van der Waals surface area (Å²) in [4.78, 5) is 33.3. The van der Waals surface area contributed by atoms with Crippen LogP contribution >= 0.6 is 93.1 Å². The highest BCUT2D eigenvalue weighted by atomic mass is 35.6. The summed E-state index contributed by atoms with van der Waals surface area (Å²) < 4.78 is -3.65. The van der Waals surface area contributed by atoms with Gasteiger partial charge in [0, 0.05) is 17.0 Å². The molecule has 0 radical (unpaired) electrons. The van der Waals surface area contributed by atoms with Crippen LogP contribution in [0.2, 0.25) is 0 Å². The summed E-state index contributed by atoms with van der Waals surface area (Å²) in [6.07, 6.45) is 1.47. The van der Waals surface area contributed by atoms with E-state index in [9.17, 15) is 9.59 Å². The van der Waals surface area contributed by atoms with Crippen LogP contribution in [0.1, 0.15) is 41.5 Å². The second-order valence-corrected chi connectivity index (χ2v) is 15.6. The van der Waals surface area contributed by atoms with Gasteiger partial charge in [0.15, 0.2) is 5.16 Å². The van der Waals surface area contributed by atoms with Gasteiger partial charge in [0.2, 0.25) is 19.4 Å². The fraction of sp³-hybridized carbons (Fsp3) is 0.667. The highest BCUT2D eigenvalue weighted by Gasteiger charge is 2.39. The molecule has 0 spiro atoms. The first-order valence-electron chi connectivity index (χ1n) is 9.13. The summed E-state index contributed by atoms with van der Waals surface area (Å²) in [6, 6.07) is 1.58. The highest BCUT2D eigenvalue weighted by Crippen LogP contribution is 2.41. The zero-order chi connectivity index (χ0) is 25.1. The van der Waals surface area contributed by atoms with Gasteiger partial charge in [-0.1, -0.05) is 135 Å². The Balaban J connectivity index is 3.09. The molecule has 2 N–H and O–H groups in total. The molecule has 32 heavy (non-hydrogen) atoms. The van der Waals surface area contributed by atoms with Gasteiger partial charge in [0.05, 0.1) is 0 Å². The molecule has 2 amide bonds. The van der Waals surface area contributed by atoms with Gasteiger partial charge in [-0.2, -0.15) is 0 Å². The van der Waals surface area contributed by atoms with Crippen molar-refractivity contribution in [1.29, 1.82) is 0 Å². The number of rotatable bonds is 6. The lowest BCUT2D eigenvalue weighted by Gasteiger charge is -2.29. The average molecular weight is 605 g/mol. The number of hydrogen-bond donors (Lipinski definition) is 2. The summed E-state index contributed by atoms with van der Waals surface area (Å²) in [5, 5.41) is 4.12. The molecule has 1 heterocycles. The second-order valence-electron chi connectivity index (χ2n) is 8.70. The van der Waals surface area contributed by atoms with Gasteiger partial charge in [0.25, 0.3) is 0 Å². The molecule has 0 aliphatic rings. The number of alkyl halides is 6. The standard InChI is InChI=1S/C18H24Cl6N4O2S2/c1-15(2,3)10(29)27-12(17(19,20)21)31-9-7-8-25-14(26-9)32-13(18(22,23)24)28-11(30)16(4,5)6/h7-8,12-13H,1-6H3,(H,27,29)(H,28,30)/t12-,13-/m1/s1. The zero-order valence-electron chi connectivity index (χ0n) is 18.1. The first-order chi connectivity index (χ1) is 14.2. The van der Waals surface area contributed by atoms with Crippen molar-refractivity contribution in [1.82, 2.24) is 20.6 Å². The van der Waals surface area contributed by atoms with E-state index in [-0.39, 0.29) is 17.0 Å². The van der Waals surface area contributed by atoms with Crippen molar-refractivity contribution < 1.29 is 9.59 Å². The molecule has 1 aromatic rings. The summed E-state index contributed by atoms with van der Waals surface area (Å²) in [5.41, 5.74) is -1.39. The van der Waals surface area contributed by atoms with Crippen LogP contribution in [0, 0.1) is 10.8 Å². The molecule has 1 rings (SSSR count). The van der Waals surface area contributed by atoms with Crippen molar-refractivity contribution in [3.05, 3.63) is 12.3 Å². The molecule has 14 heteroatoms. The lowest BCUT2D eigenvalue weighted by atomic mass is 9.96. The molecule has 6 nitrogen and oxygen atoms in total. The maximum Gasteiger partial charge on any atom is 0.226 e. The maximum atomic E-state index is 12.4. The summed E-state index contributed by atoms with van der Waals surface area (Å²) in [5.74, 6) is -0.612. The SMILES string of the molecule is CC(C)(C)C(=O)N[C@H](Sc1ccnc(S[C@@H](NC(=O)C(C)(C)C)C(Cl)(Cl)Cl)n1)C(Cl)(Cl)Cl. The van der Waals surface area contributed by atoms with Gasteiger partial charge in [0.1, 0.15) is 15.8 Å². The number of carbonyl (C=O) groups excluding carboxylic acids is 2. The Hall–Kier alpha value is 0.460. The first kappa shape index (κ1) is 30.5. The normalized spacial score (nSPS) is 15.1. The number of thioether (sulfide) groups is 2. The Labute approximate surface area is 226 Å². The Morgan fingerprint density at radius 3 is 1.59 bits per heavy atom. The van der Waals surface area contributed by atoms with E-state index in [1.165, 1.54) is 6.20 Å². The third kappa shape index (κ3) is 10.4. The Bertz CT molecular complexity index is 756. The second kappa shape index (κ2) is 11.5. The number of hydrogen-bond acceptors (Lipinski definition) is 6. The van der Waals surface area contributed by atoms with Crippen LogP contribution in [0.5, 0.6) is 0 Å². The zero-order valence-corrected chi connectivity index (χ0v) is 24.3. The molecule has 2 atom stereocenters. The van der Waals surface area contributed by atoms with Crippen molar-refractivity contribution >= 4 is 105 Å². The van der Waals surface area contributed by atoms with Gasteiger partial charge >= 0.3 is 0 Å². The van der Waals surface area contributed by atoms with E-state index in [0.717, 1.165) is 23.5 Å². The van der Waals surface area contributed by atoms with Crippen LogP contribution in [-0.2, 0) is 9.59 Å². The Morgan fingerprint density at radius 2 is 1.22 bits per heavy atom. The van der Waals surface area contributed by atoms with Crippen LogP contribution in [0.25, 0.3) is 0 Å². The van der Waals surface area contributed by atoms with Crippen molar-refractivity contribution in [2.24, 2.45) is 10.8 Å². The lowest BCUT2D eigenvalue weighted by Crippen LogP contribution is -2.46. The predicted molar refractivity (Wildman–Crippen MR) is 137 cm³/mol. The molecule has 0 saturated heterocycles. The minimum absolute atomic E-state index is 0.214. The minimum atomic E-state index is -1.83. The quantitative estimate of drug-likeness (QED) is 0.129. The fourth-order valence-corrected chi connectivity index (χ4v) is 4.49. The topological polar surface area (TPSA) is 84.0 Å². The van der Waals surface area contributed by atoms with Crippen molar-refractivity contribution in [2.45, 2.75) is 70.1 Å². The van der Waals surface area contributed by atoms with Crippen LogP contribution < -0.4 is 10.6 Å². The Morgan fingerprint density at radius 1 is 0.812 bits per heavy atom. The molecular weight excluding hydrogens is 581 g/mol. The fourth-order valence-electron chi connectivity index (χ4n) is 1.70. The van der Waals surface area contributed by atoms with Gasteiger partial charge in [-0.25, -0.2) is 9.97 Å². The number of aromatic nitrogens is 2. The first-order valence-corrected chi connectivity index (χ1v) is 13.2. The van der Waals surface area contributed by atoms with E-state index >= 15 is 0 Å². The molecule has 0 saturated carbocycles. The largest absolute Gasteiger partial charge is 0.339 e. The van der Waals surface area contributed by atoms with Gasteiger partial charge in [-0.3, -0.25) is 9.59 Å². The van der Waals surface area contributed by atoms with Crippen molar-refractivity contribution in [2.75, 3.05) is 0 Å². The molecule has 0 unspecified atom stereocenters. The number of carbonyl (C=O) groups is 2. The smallest absolute Gasteiger partial charge is 0.226 e. The highest BCUT2D eigenvalue weighted by molar-refractivity contribution is 8.00. The molecule has 0 fully saturated rings. The number of nitrogens with one attached hydrogen (secondary N) is 2. The summed E-state index contributed by atoms with van der Waals surface area (Å²) in [7, 11) is 0. The molecule has 182 valence electrons. The number of amides is 2. The molecule has 0 aromatic carbocycles. The minimum Gasteiger partial charge on any atom is -0.339 e. The molecule has 0 aliphatic carbocycles. The van der Waals surface area contributed by atoms with Crippen molar-refractivity contribution in [3.63, 3.8) is 0 Å². The van der Waals surface area contributed by atoms with E-state index in [2.05, 4.69) is 20.6 Å². The monoisotopic (exact) mass is 602 g/mol. The molecular formula is C18H24Cl6N4O2S2. The van der Waals surface area contributed by atoms with Gasteiger partial charge < -0.3 is 10.6 Å². The summed E-state index contributed by atoms with van der Waals surface area (Å²) in [6.45, 7) is 10.4. The number of halogens is 6. The average Bonchev–Trinajstić information content (AvgIpc) is 2.57. The van der Waals surface area contributed by atoms with Crippen molar-refractivity contribution in [3.8, 4) is 0 Å². The van der Waals surface area contributed by atoms with E-state index in [1.54, 1.807) is 47.6 Å². The lowest BCUT2D eigenvalue weighted by molar-refractivity contribution is -0.129. The maximum absolute atomic E-state index is 12.4. The van der Waals surface area contributed by atoms with Gasteiger partial charge in [-0.05, 0) is 6.07 Å². The van der Waals surface area contributed by atoms with Gasteiger partial charge in [-0.15, -0.1) is 0 Å². The van der Waals surface area contributed by atoms with E-state index in [1.807, 2.05) is 0 Å². The van der Waals surface area contributed by atoms with Crippen LogP contribution in [-0.4, -0.2) is 40.1 Å². The van der Waals surface area contributed by atoms with E-state index in [4.69, 9.17) is 69.6 Å². The predicted octanol–water partition coefficient (Wildman–Crippen LogP) is 6.38. The Kier molecular flexibility index (Phi) is 10.9. The van der Waals surface area contributed by atoms with Crippen LogP contribution in [0.3, 0.4) is 0 Å². The number of nitrogens with zero attached hydrogens (tertiary/aromatic N) is 2. The molecule has 0 aliphatic heterocycles. The third-order valence-corrected chi connectivity index (χ3v) is 7.93. The molecule has 0 bridgehead atoms. The summed E-state index contributed by atoms with van der Waals surface area (Å²) >= 11 is 38.4. The van der Waals surface area contributed by atoms with Crippen LogP contribution in [0.4, 0.5) is 0 Å². The van der Waals surface area contributed by atoms with E-state index in [0.29, 0.717) is 5.03 Å².